The van der Waals surface area contributed by atoms with Crippen LogP contribution in [0.2, 0.25) is 0 Å². The number of amides is 1. The van der Waals surface area contributed by atoms with Crippen LogP contribution in [0.1, 0.15) is 13.3 Å². The third kappa shape index (κ3) is 4.33. The predicted molar refractivity (Wildman–Crippen MR) is 99.2 cm³/mol. The van der Waals surface area contributed by atoms with Gasteiger partial charge in [0, 0.05) is 24.5 Å². The maximum atomic E-state index is 13.7. The fraction of sp³-hybridized carbons (Fsp3) is 0.222. The van der Waals surface area contributed by atoms with Gasteiger partial charge in [-0.15, -0.1) is 10.2 Å². The lowest BCUT2D eigenvalue weighted by Crippen LogP contribution is -2.16. The summed E-state index contributed by atoms with van der Waals surface area (Å²) in [5.41, 5.74) is 0.424. The molecule has 0 bridgehead atoms. The predicted octanol–water partition coefficient (Wildman–Crippen LogP) is 3.90. The van der Waals surface area contributed by atoms with Crippen molar-refractivity contribution in [1.29, 1.82) is 0 Å². The van der Waals surface area contributed by atoms with E-state index in [0.717, 1.165) is 35.9 Å². The summed E-state index contributed by atoms with van der Waals surface area (Å²) in [4.78, 5) is 16.1. The van der Waals surface area contributed by atoms with E-state index in [1.165, 1.54) is 0 Å². The van der Waals surface area contributed by atoms with Gasteiger partial charge in [0.2, 0.25) is 5.91 Å². The standard InChI is InChI=1S/C18H16F3N5OS/c1-2-9-26-17(11-5-7-22-8-6-11)24-25-18(26)28-10-14(27)23-13-4-3-12(19)15(20)16(13)21/h3-8H,2,9-10H2,1H3,(H,23,27). The van der Waals surface area contributed by atoms with E-state index in [4.69, 9.17) is 0 Å². The van der Waals surface area contributed by atoms with E-state index in [-0.39, 0.29) is 5.75 Å². The topological polar surface area (TPSA) is 72.7 Å². The van der Waals surface area contributed by atoms with Crippen LogP contribution < -0.4 is 5.32 Å². The highest BCUT2D eigenvalue weighted by molar-refractivity contribution is 7.99. The highest BCUT2D eigenvalue weighted by atomic mass is 32.2. The Balaban J connectivity index is 1.71. The van der Waals surface area contributed by atoms with Gasteiger partial charge in [0.05, 0.1) is 11.4 Å². The van der Waals surface area contributed by atoms with Crippen LogP contribution in [0.15, 0.2) is 41.8 Å². The quantitative estimate of drug-likeness (QED) is 0.475. The van der Waals surface area contributed by atoms with E-state index in [1.54, 1.807) is 12.4 Å². The number of hydrogen-bond acceptors (Lipinski definition) is 5. The summed E-state index contributed by atoms with van der Waals surface area (Å²) in [7, 11) is 0. The van der Waals surface area contributed by atoms with Crippen molar-refractivity contribution in [2.24, 2.45) is 0 Å². The summed E-state index contributed by atoms with van der Waals surface area (Å²) in [6.45, 7) is 2.65. The van der Waals surface area contributed by atoms with E-state index >= 15 is 0 Å². The molecule has 0 spiro atoms. The molecular weight excluding hydrogens is 391 g/mol. The van der Waals surface area contributed by atoms with Crippen molar-refractivity contribution in [3.63, 3.8) is 0 Å². The molecular formula is C18H16F3N5OS. The summed E-state index contributed by atoms with van der Waals surface area (Å²) in [6.07, 6.45) is 4.13. The number of nitrogens with one attached hydrogen (secondary N) is 1. The third-order valence-electron chi connectivity index (χ3n) is 3.74. The first-order chi connectivity index (χ1) is 13.5. The van der Waals surface area contributed by atoms with Crippen LogP contribution in [-0.2, 0) is 11.3 Å². The maximum absolute atomic E-state index is 13.7. The molecule has 0 saturated heterocycles. The van der Waals surface area contributed by atoms with Crippen LogP contribution in [0, 0.1) is 17.5 Å². The molecule has 0 fully saturated rings. The van der Waals surface area contributed by atoms with Gasteiger partial charge in [-0.1, -0.05) is 18.7 Å². The highest BCUT2D eigenvalue weighted by Crippen LogP contribution is 2.25. The normalized spacial score (nSPS) is 10.9. The van der Waals surface area contributed by atoms with Crippen LogP contribution in [0.5, 0.6) is 0 Å². The fourth-order valence-electron chi connectivity index (χ4n) is 2.47. The zero-order chi connectivity index (χ0) is 20.1. The number of thioether (sulfide) groups is 1. The SMILES string of the molecule is CCCn1c(SCC(=O)Nc2ccc(F)c(F)c2F)nnc1-c1ccncc1. The van der Waals surface area contributed by atoms with Crippen molar-refractivity contribution in [2.75, 3.05) is 11.1 Å². The Morgan fingerprint density at radius 3 is 2.57 bits per heavy atom. The molecule has 3 rings (SSSR count). The molecule has 1 amide bonds. The van der Waals surface area contributed by atoms with Gasteiger partial charge in [-0.3, -0.25) is 9.78 Å². The van der Waals surface area contributed by atoms with Crippen molar-refractivity contribution in [1.82, 2.24) is 19.7 Å². The van der Waals surface area contributed by atoms with Crippen molar-refractivity contribution < 1.29 is 18.0 Å². The molecule has 0 radical (unpaired) electrons. The number of hydrogen-bond donors (Lipinski definition) is 1. The summed E-state index contributed by atoms with van der Waals surface area (Å²) >= 11 is 1.11. The molecule has 6 nitrogen and oxygen atoms in total. The third-order valence-corrected chi connectivity index (χ3v) is 4.71. The largest absolute Gasteiger partial charge is 0.323 e. The van der Waals surface area contributed by atoms with Crippen LogP contribution in [-0.4, -0.2) is 31.4 Å². The second kappa shape index (κ2) is 8.87. The molecule has 146 valence electrons. The number of benzene rings is 1. The summed E-state index contributed by atoms with van der Waals surface area (Å²) < 4.78 is 41.8. The number of nitrogens with zero attached hydrogens (tertiary/aromatic N) is 4. The molecule has 1 aromatic carbocycles. The molecule has 10 heteroatoms. The van der Waals surface area contributed by atoms with Gasteiger partial charge in [-0.05, 0) is 30.7 Å². The maximum Gasteiger partial charge on any atom is 0.234 e. The Morgan fingerprint density at radius 2 is 1.86 bits per heavy atom. The van der Waals surface area contributed by atoms with E-state index < -0.39 is 29.0 Å². The molecule has 0 aliphatic carbocycles. The molecule has 28 heavy (non-hydrogen) atoms. The Hall–Kier alpha value is -2.88. The molecule has 0 atom stereocenters. The minimum Gasteiger partial charge on any atom is -0.323 e. The number of pyridine rings is 1. The summed E-state index contributed by atoms with van der Waals surface area (Å²) in [5.74, 6) is -4.41. The minimum atomic E-state index is -1.63. The lowest BCUT2D eigenvalue weighted by molar-refractivity contribution is -0.113. The molecule has 2 heterocycles. The number of aromatic nitrogens is 4. The van der Waals surface area contributed by atoms with E-state index in [9.17, 15) is 18.0 Å². The van der Waals surface area contributed by atoms with Crippen LogP contribution in [0.3, 0.4) is 0 Å². The molecule has 2 aromatic heterocycles. The summed E-state index contributed by atoms with van der Waals surface area (Å²) in [5, 5.41) is 11.1. The van der Waals surface area contributed by atoms with Crippen LogP contribution in [0.25, 0.3) is 11.4 Å². The number of rotatable bonds is 7. The zero-order valence-electron chi connectivity index (χ0n) is 14.8. The minimum absolute atomic E-state index is 0.101. The number of carbonyl (C=O) groups is 1. The first-order valence-electron chi connectivity index (χ1n) is 8.41. The highest BCUT2D eigenvalue weighted by Gasteiger charge is 2.18. The lowest BCUT2D eigenvalue weighted by atomic mass is 10.2. The first kappa shape index (κ1) is 19.9. The second-order valence-electron chi connectivity index (χ2n) is 5.75. The smallest absolute Gasteiger partial charge is 0.234 e. The first-order valence-corrected chi connectivity index (χ1v) is 9.39. The number of anilines is 1. The monoisotopic (exact) mass is 407 g/mol. The Labute approximate surface area is 163 Å². The second-order valence-corrected chi connectivity index (χ2v) is 6.70. The van der Waals surface area contributed by atoms with Gasteiger partial charge in [0.15, 0.2) is 28.4 Å². The van der Waals surface area contributed by atoms with Gasteiger partial charge >= 0.3 is 0 Å². The average molecular weight is 407 g/mol. The average Bonchev–Trinajstić information content (AvgIpc) is 3.10. The van der Waals surface area contributed by atoms with E-state index in [2.05, 4.69) is 20.5 Å². The van der Waals surface area contributed by atoms with Crippen molar-refractivity contribution in [2.45, 2.75) is 25.0 Å². The van der Waals surface area contributed by atoms with Crippen molar-refractivity contribution >= 4 is 23.4 Å². The van der Waals surface area contributed by atoms with Gasteiger partial charge in [0.1, 0.15) is 0 Å². The lowest BCUT2D eigenvalue weighted by Gasteiger charge is -2.09. The van der Waals surface area contributed by atoms with Gasteiger partial charge in [0.25, 0.3) is 0 Å². The van der Waals surface area contributed by atoms with Crippen LogP contribution >= 0.6 is 11.8 Å². The van der Waals surface area contributed by atoms with E-state index in [0.29, 0.717) is 17.5 Å². The van der Waals surface area contributed by atoms with Gasteiger partial charge < -0.3 is 9.88 Å². The Bertz CT molecular complexity index is 981. The fourth-order valence-corrected chi connectivity index (χ4v) is 3.24. The van der Waals surface area contributed by atoms with Gasteiger partial charge in [-0.25, -0.2) is 13.2 Å². The molecule has 1 N–H and O–H groups in total. The van der Waals surface area contributed by atoms with Crippen LogP contribution in [0.4, 0.5) is 18.9 Å². The molecule has 3 aromatic rings. The molecule has 0 saturated carbocycles. The van der Waals surface area contributed by atoms with E-state index in [1.807, 2.05) is 23.6 Å². The molecule has 0 aliphatic rings. The number of carbonyl (C=O) groups excluding carboxylic acids is 1. The Morgan fingerprint density at radius 1 is 1.11 bits per heavy atom. The van der Waals surface area contributed by atoms with Gasteiger partial charge in [-0.2, -0.15) is 0 Å². The number of halogens is 3. The Kier molecular flexibility index (Phi) is 6.30. The molecule has 0 unspecified atom stereocenters. The zero-order valence-corrected chi connectivity index (χ0v) is 15.6. The van der Waals surface area contributed by atoms with Crippen molar-refractivity contribution in [3.05, 3.63) is 54.1 Å². The summed E-state index contributed by atoms with van der Waals surface area (Å²) in [6, 6.07) is 5.34. The molecule has 0 aliphatic heterocycles. The van der Waals surface area contributed by atoms with Crippen molar-refractivity contribution in [3.8, 4) is 11.4 Å².